The van der Waals surface area contributed by atoms with Gasteiger partial charge in [0.15, 0.2) is 0 Å². The van der Waals surface area contributed by atoms with Crippen molar-refractivity contribution in [2.45, 2.75) is 61.5 Å². The standard InChI is InChI=1S/C30H30N6O4S/c1-4-23(37)33-19-8-6-9-20(19)34-28(38)27-26-25-22(13-14-31-29(25)41-27)36(30(39)35-26)21-12-11-18(15-16(21)2)40-24-10-5-7-17(3)32-24/h4-5,7,10-15,19-20,26-27H,1,6,8-9H2,2-3H3,(H,33,37)(H,34,38)(H,35,39)/t19-,20+,26?,27?/m0/s1. The first-order chi connectivity index (χ1) is 19.8. The van der Waals surface area contributed by atoms with Gasteiger partial charge < -0.3 is 20.7 Å². The summed E-state index contributed by atoms with van der Waals surface area (Å²) in [7, 11) is 0. The number of aromatic nitrogens is 2. The Kier molecular flexibility index (Phi) is 7.12. The topological polar surface area (TPSA) is 126 Å². The maximum absolute atomic E-state index is 13.6. The van der Waals surface area contributed by atoms with Gasteiger partial charge in [0.1, 0.15) is 16.0 Å². The number of ether oxygens (including phenoxy) is 1. The minimum absolute atomic E-state index is 0.153. The Morgan fingerprint density at radius 1 is 1.12 bits per heavy atom. The van der Waals surface area contributed by atoms with Crippen LogP contribution in [-0.4, -0.2) is 45.1 Å². The van der Waals surface area contributed by atoms with Crippen molar-refractivity contribution < 1.29 is 19.1 Å². The van der Waals surface area contributed by atoms with Crippen LogP contribution >= 0.6 is 11.8 Å². The summed E-state index contributed by atoms with van der Waals surface area (Å²) in [5.74, 6) is 0.663. The van der Waals surface area contributed by atoms with Crippen LogP contribution in [0.5, 0.6) is 11.6 Å². The molecule has 1 aliphatic carbocycles. The molecule has 0 radical (unpaired) electrons. The highest BCUT2D eigenvalue weighted by Gasteiger charge is 2.47. The first-order valence-corrected chi connectivity index (χ1v) is 14.4. The van der Waals surface area contributed by atoms with Gasteiger partial charge in [-0.15, -0.1) is 0 Å². The van der Waals surface area contributed by atoms with Crippen molar-refractivity contribution in [2.75, 3.05) is 4.90 Å². The first kappa shape index (κ1) is 26.8. The van der Waals surface area contributed by atoms with E-state index in [1.807, 2.05) is 44.2 Å². The molecular weight excluding hydrogens is 540 g/mol. The number of benzene rings is 1. The fourth-order valence-electron chi connectivity index (χ4n) is 5.71. The van der Waals surface area contributed by atoms with Crippen LogP contribution in [0.4, 0.5) is 16.2 Å². The highest BCUT2D eigenvalue weighted by Crippen LogP contribution is 2.51. The lowest BCUT2D eigenvalue weighted by molar-refractivity contribution is -0.122. The zero-order chi connectivity index (χ0) is 28.7. The van der Waals surface area contributed by atoms with Crippen LogP contribution in [0.15, 0.2) is 66.3 Å². The zero-order valence-corrected chi connectivity index (χ0v) is 23.5. The van der Waals surface area contributed by atoms with E-state index in [1.165, 1.54) is 17.8 Å². The van der Waals surface area contributed by atoms with Gasteiger partial charge in [0.05, 0.1) is 17.4 Å². The molecule has 4 atom stereocenters. The lowest BCUT2D eigenvalue weighted by Gasteiger charge is -2.35. The summed E-state index contributed by atoms with van der Waals surface area (Å²) in [5.41, 5.74) is 3.91. The maximum Gasteiger partial charge on any atom is 0.327 e. The maximum atomic E-state index is 13.6. The van der Waals surface area contributed by atoms with Gasteiger partial charge in [-0.05, 0) is 75.1 Å². The highest BCUT2D eigenvalue weighted by atomic mass is 32.2. The Labute approximate surface area is 242 Å². The fourth-order valence-corrected chi connectivity index (χ4v) is 6.95. The SMILES string of the molecule is C=CC(=O)N[C@H]1CCC[C@H]1NC(=O)C1Sc2nccc3c2C1NC(=O)N3c1ccc(Oc2cccc(C)n2)cc1C. The van der Waals surface area contributed by atoms with E-state index in [-0.39, 0.29) is 29.9 Å². The van der Waals surface area contributed by atoms with Crippen LogP contribution in [0.2, 0.25) is 0 Å². The van der Waals surface area contributed by atoms with Crippen molar-refractivity contribution in [3.8, 4) is 11.6 Å². The molecule has 3 aromatic rings. The van der Waals surface area contributed by atoms with Gasteiger partial charge >= 0.3 is 6.03 Å². The quantitative estimate of drug-likeness (QED) is 0.355. The molecule has 2 unspecified atom stereocenters. The third kappa shape index (κ3) is 5.13. The van der Waals surface area contributed by atoms with Crippen LogP contribution < -0.4 is 25.6 Å². The van der Waals surface area contributed by atoms with Gasteiger partial charge in [0.25, 0.3) is 0 Å². The smallest absolute Gasteiger partial charge is 0.327 e. The number of pyridine rings is 2. The van der Waals surface area contributed by atoms with E-state index in [0.717, 1.165) is 36.1 Å². The molecule has 2 aliphatic heterocycles. The van der Waals surface area contributed by atoms with Gasteiger partial charge in [-0.25, -0.2) is 14.8 Å². The number of amides is 4. The third-order valence-corrected chi connectivity index (χ3v) is 8.90. The number of carbonyl (C=O) groups is 3. The third-order valence-electron chi connectivity index (χ3n) is 7.62. The van der Waals surface area contributed by atoms with Gasteiger partial charge in [0.2, 0.25) is 17.7 Å². The van der Waals surface area contributed by atoms with Crippen LogP contribution in [0.25, 0.3) is 0 Å². The van der Waals surface area contributed by atoms with Crippen molar-refractivity contribution in [1.82, 2.24) is 25.9 Å². The molecule has 0 bridgehead atoms. The van der Waals surface area contributed by atoms with Gasteiger partial charge in [-0.3, -0.25) is 14.5 Å². The molecule has 11 heteroatoms. The molecule has 0 spiro atoms. The molecule has 1 aromatic carbocycles. The van der Waals surface area contributed by atoms with Crippen molar-refractivity contribution in [3.05, 3.63) is 78.1 Å². The number of nitrogens with zero attached hydrogens (tertiary/aromatic N) is 3. The number of hydrogen-bond donors (Lipinski definition) is 3. The summed E-state index contributed by atoms with van der Waals surface area (Å²) in [6, 6.07) is 11.7. The van der Waals surface area contributed by atoms with Crippen molar-refractivity contribution >= 4 is 41.0 Å². The van der Waals surface area contributed by atoms with E-state index < -0.39 is 11.3 Å². The fraction of sp³-hybridized carbons (Fsp3) is 0.300. The van der Waals surface area contributed by atoms with E-state index in [2.05, 4.69) is 32.5 Å². The normalized spacial score (nSPS) is 22.5. The second-order valence-electron chi connectivity index (χ2n) is 10.4. The van der Waals surface area contributed by atoms with E-state index >= 15 is 0 Å². The predicted octanol–water partition coefficient (Wildman–Crippen LogP) is 4.60. The van der Waals surface area contributed by atoms with Gasteiger partial charge in [-0.1, -0.05) is 24.4 Å². The Bertz CT molecular complexity index is 1560. The lowest BCUT2D eigenvalue weighted by atomic mass is 9.99. The number of urea groups is 1. The predicted molar refractivity (Wildman–Crippen MR) is 155 cm³/mol. The summed E-state index contributed by atoms with van der Waals surface area (Å²) in [5, 5.41) is 9.22. The van der Waals surface area contributed by atoms with Crippen LogP contribution in [0, 0.1) is 13.8 Å². The molecule has 1 fully saturated rings. The summed E-state index contributed by atoms with van der Waals surface area (Å²) in [6.07, 6.45) is 5.36. The molecule has 6 rings (SSSR count). The Morgan fingerprint density at radius 3 is 2.68 bits per heavy atom. The Balaban J connectivity index is 1.23. The Hall–Kier alpha value is -4.38. The molecule has 41 heavy (non-hydrogen) atoms. The molecular formula is C30H30N6O4S. The molecule has 10 nitrogen and oxygen atoms in total. The van der Waals surface area contributed by atoms with Crippen LogP contribution in [-0.2, 0) is 9.59 Å². The monoisotopic (exact) mass is 570 g/mol. The van der Waals surface area contributed by atoms with Crippen molar-refractivity contribution in [3.63, 3.8) is 0 Å². The molecule has 210 valence electrons. The number of carbonyl (C=O) groups excluding carboxylic acids is 3. The second-order valence-corrected chi connectivity index (χ2v) is 11.5. The number of rotatable bonds is 7. The number of hydrogen-bond acceptors (Lipinski definition) is 7. The average molecular weight is 571 g/mol. The largest absolute Gasteiger partial charge is 0.439 e. The highest BCUT2D eigenvalue weighted by molar-refractivity contribution is 8.01. The number of aryl methyl sites for hydroxylation is 2. The van der Waals surface area contributed by atoms with Gasteiger partial charge in [0, 0.05) is 35.6 Å². The zero-order valence-electron chi connectivity index (χ0n) is 22.7. The van der Waals surface area contributed by atoms with Gasteiger partial charge in [-0.2, -0.15) is 0 Å². The molecule has 4 amide bonds. The summed E-state index contributed by atoms with van der Waals surface area (Å²) in [6.45, 7) is 7.33. The minimum Gasteiger partial charge on any atom is -0.439 e. The molecule has 1 saturated carbocycles. The minimum atomic E-state index is -0.584. The van der Waals surface area contributed by atoms with E-state index in [1.54, 1.807) is 23.2 Å². The number of anilines is 2. The molecule has 2 aromatic heterocycles. The number of thioether (sulfide) groups is 1. The Morgan fingerprint density at radius 2 is 1.93 bits per heavy atom. The summed E-state index contributed by atoms with van der Waals surface area (Å²) >= 11 is 1.35. The first-order valence-electron chi connectivity index (χ1n) is 13.5. The number of nitrogens with one attached hydrogen (secondary N) is 3. The average Bonchev–Trinajstić information content (AvgIpc) is 3.54. The van der Waals surface area contributed by atoms with E-state index in [0.29, 0.717) is 28.0 Å². The van der Waals surface area contributed by atoms with E-state index in [9.17, 15) is 14.4 Å². The molecule has 0 saturated heterocycles. The van der Waals surface area contributed by atoms with Crippen LogP contribution in [0.3, 0.4) is 0 Å². The second kappa shape index (κ2) is 10.9. The summed E-state index contributed by atoms with van der Waals surface area (Å²) < 4.78 is 5.94. The lowest BCUT2D eigenvalue weighted by Crippen LogP contribution is -2.53. The summed E-state index contributed by atoms with van der Waals surface area (Å²) in [4.78, 5) is 49.5. The molecule has 4 heterocycles. The van der Waals surface area contributed by atoms with Crippen molar-refractivity contribution in [1.29, 1.82) is 0 Å². The van der Waals surface area contributed by atoms with Crippen LogP contribution in [0.1, 0.15) is 42.1 Å². The molecule has 3 aliphatic rings. The molecule has 3 N–H and O–H groups in total. The van der Waals surface area contributed by atoms with Crippen molar-refractivity contribution in [2.24, 2.45) is 0 Å². The van der Waals surface area contributed by atoms with E-state index in [4.69, 9.17) is 4.74 Å².